The van der Waals surface area contributed by atoms with Crippen molar-refractivity contribution in [1.82, 2.24) is 9.97 Å². The molecule has 1 N–H and O–H groups in total. The highest BCUT2D eigenvalue weighted by Gasteiger charge is 2.38. The Bertz CT molecular complexity index is 531. The fraction of sp³-hybridized carbons (Fsp3) is 0.714. The van der Waals surface area contributed by atoms with E-state index in [9.17, 15) is 4.79 Å². The maximum Gasteiger partial charge on any atom is 0.264 e. The smallest absolute Gasteiger partial charge is 0.264 e. The van der Waals surface area contributed by atoms with E-state index in [0.717, 1.165) is 53.6 Å². The van der Waals surface area contributed by atoms with Gasteiger partial charge in [0.1, 0.15) is 11.4 Å². The highest BCUT2D eigenvalue weighted by Crippen LogP contribution is 2.42. The van der Waals surface area contributed by atoms with Gasteiger partial charge in [-0.15, -0.1) is 0 Å². The van der Waals surface area contributed by atoms with Crippen LogP contribution in [-0.4, -0.2) is 17.1 Å². The molecule has 2 fully saturated rings. The number of hydrogen-bond acceptors (Lipinski definition) is 3. The Balaban J connectivity index is 2.06. The van der Waals surface area contributed by atoms with E-state index < -0.39 is 0 Å². The molecule has 0 amide bonds. The van der Waals surface area contributed by atoms with Crippen molar-refractivity contribution in [1.29, 1.82) is 0 Å². The number of rotatable bonds is 3. The third-order valence-corrected chi connectivity index (χ3v) is 5.38. The lowest BCUT2D eigenvalue weighted by Gasteiger charge is -2.35. The first kappa shape index (κ1) is 13.5. The Morgan fingerprint density at radius 1 is 1.32 bits per heavy atom. The summed E-state index contributed by atoms with van der Waals surface area (Å²) < 4.78 is 6.54. The van der Waals surface area contributed by atoms with E-state index >= 15 is 0 Å². The monoisotopic (exact) mass is 374 g/mol. The average Bonchev–Trinajstić information content (AvgIpc) is 3.27. The number of ether oxygens (including phenoxy) is 1. The molecule has 1 aromatic heterocycles. The van der Waals surface area contributed by atoms with Gasteiger partial charge in [-0.3, -0.25) is 4.79 Å². The van der Waals surface area contributed by atoms with Gasteiger partial charge in [0.05, 0.1) is 9.26 Å². The third-order valence-electron chi connectivity index (χ3n) is 4.34. The summed E-state index contributed by atoms with van der Waals surface area (Å²) in [7, 11) is 1.74. The molecule has 0 unspecified atom stereocenters. The molecule has 104 valence electrons. The van der Waals surface area contributed by atoms with Crippen molar-refractivity contribution < 1.29 is 4.74 Å². The molecule has 0 aromatic carbocycles. The molecule has 3 rings (SSSR count). The Hall–Kier alpha value is -0.430. The lowest BCUT2D eigenvalue weighted by molar-refractivity contribution is -0.0518. The molecule has 0 radical (unpaired) electrons. The number of H-pyrrole nitrogens is 1. The van der Waals surface area contributed by atoms with Crippen LogP contribution in [-0.2, 0) is 10.3 Å². The molecule has 5 heteroatoms. The van der Waals surface area contributed by atoms with Gasteiger partial charge in [0.2, 0.25) is 0 Å². The van der Waals surface area contributed by atoms with Gasteiger partial charge < -0.3 is 9.72 Å². The normalized spacial score (nSPS) is 22.4. The maximum atomic E-state index is 12.1. The Labute approximate surface area is 126 Å². The summed E-state index contributed by atoms with van der Waals surface area (Å²) in [5.41, 5.74) is 0.613. The van der Waals surface area contributed by atoms with Crippen molar-refractivity contribution in [3.8, 4) is 0 Å². The molecule has 19 heavy (non-hydrogen) atoms. The van der Waals surface area contributed by atoms with Crippen LogP contribution in [0.1, 0.15) is 62.4 Å². The lowest BCUT2D eigenvalue weighted by atomic mass is 9.84. The number of nitrogens with zero attached hydrogens (tertiary/aromatic N) is 1. The van der Waals surface area contributed by atoms with Crippen molar-refractivity contribution in [2.75, 3.05) is 7.11 Å². The molecule has 2 saturated carbocycles. The predicted molar refractivity (Wildman–Crippen MR) is 81.3 cm³/mol. The van der Waals surface area contributed by atoms with Crippen LogP contribution in [0.15, 0.2) is 4.79 Å². The fourth-order valence-corrected chi connectivity index (χ4v) is 3.68. The largest absolute Gasteiger partial charge is 0.370 e. The minimum atomic E-state index is -0.370. The van der Waals surface area contributed by atoms with Gasteiger partial charge in [0, 0.05) is 13.0 Å². The molecular formula is C14H19IN2O2. The van der Waals surface area contributed by atoms with E-state index in [2.05, 4.69) is 27.6 Å². The second kappa shape index (κ2) is 5.16. The Morgan fingerprint density at radius 3 is 2.58 bits per heavy atom. The molecule has 0 bridgehead atoms. The number of hydrogen-bond donors (Lipinski definition) is 1. The van der Waals surface area contributed by atoms with Crippen LogP contribution in [0.4, 0.5) is 0 Å². The Morgan fingerprint density at radius 2 is 2.00 bits per heavy atom. The Kier molecular flexibility index (Phi) is 3.68. The highest BCUT2D eigenvalue weighted by molar-refractivity contribution is 14.1. The summed E-state index contributed by atoms with van der Waals surface area (Å²) >= 11 is 2.12. The first-order chi connectivity index (χ1) is 9.16. The van der Waals surface area contributed by atoms with Gasteiger partial charge in [-0.1, -0.05) is 19.3 Å². The van der Waals surface area contributed by atoms with E-state index in [4.69, 9.17) is 9.72 Å². The summed E-state index contributed by atoms with van der Waals surface area (Å²) in [5, 5.41) is 0. The maximum absolute atomic E-state index is 12.1. The summed E-state index contributed by atoms with van der Waals surface area (Å²) in [4.78, 5) is 19.9. The SMILES string of the molecule is COC1(c2nc(C3CC3)c(I)c(=O)[nH]2)CCCCC1. The van der Waals surface area contributed by atoms with Gasteiger partial charge in [-0.2, -0.15) is 0 Å². The van der Waals surface area contributed by atoms with Crippen molar-refractivity contribution in [2.45, 2.75) is 56.5 Å². The average molecular weight is 374 g/mol. The van der Waals surface area contributed by atoms with E-state index in [1.807, 2.05) is 0 Å². The predicted octanol–water partition coefficient (Wildman–Crippen LogP) is 3.06. The first-order valence-corrected chi connectivity index (χ1v) is 8.09. The molecule has 2 aliphatic rings. The van der Waals surface area contributed by atoms with Crippen molar-refractivity contribution >= 4 is 22.6 Å². The van der Waals surface area contributed by atoms with Crippen molar-refractivity contribution in [3.63, 3.8) is 0 Å². The second-order valence-electron chi connectivity index (χ2n) is 5.65. The zero-order chi connectivity index (χ0) is 13.5. The molecule has 1 heterocycles. The highest BCUT2D eigenvalue weighted by atomic mass is 127. The van der Waals surface area contributed by atoms with E-state index in [0.29, 0.717) is 5.92 Å². The van der Waals surface area contributed by atoms with Gasteiger partial charge in [-0.25, -0.2) is 4.98 Å². The minimum Gasteiger partial charge on any atom is -0.370 e. The summed E-state index contributed by atoms with van der Waals surface area (Å²) in [6.07, 6.45) is 7.76. The number of halogens is 1. The fourth-order valence-electron chi connectivity index (χ4n) is 2.98. The summed E-state index contributed by atoms with van der Waals surface area (Å²) in [5.74, 6) is 1.24. The molecule has 0 atom stereocenters. The topological polar surface area (TPSA) is 55.0 Å². The quantitative estimate of drug-likeness (QED) is 0.828. The first-order valence-electron chi connectivity index (χ1n) is 7.01. The number of nitrogens with one attached hydrogen (secondary N) is 1. The van der Waals surface area contributed by atoms with Crippen LogP contribution >= 0.6 is 22.6 Å². The van der Waals surface area contributed by atoms with E-state index in [1.54, 1.807) is 7.11 Å². The summed E-state index contributed by atoms with van der Waals surface area (Å²) in [6.45, 7) is 0. The molecule has 1 aromatic rings. The van der Waals surface area contributed by atoms with Crippen LogP contribution in [0.25, 0.3) is 0 Å². The van der Waals surface area contributed by atoms with Gasteiger partial charge in [0.15, 0.2) is 0 Å². The van der Waals surface area contributed by atoms with Gasteiger partial charge in [0.25, 0.3) is 5.56 Å². The van der Waals surface area contributed by atoms with Crippen molar-refractivity contribution in [2.24, 2.45) is 0 Å². The lowest BCUT2D eigenvalue weighted by Crippen LogP contribution is -2.36. The summed E-state index contributed by atoms with van der Waals surface area (Å²) in [6, 6.07) is 0. The standard InChI is InChI=1S/C14H19IN2O2/c1-19-14(7-3-2-4-8-14)13-16-11(9-5-6-9)10(15)12(18)17-13/h9H,2-8H2,1H3,(H,16,17,18). The molecule has 4 nitrogen and oxygen atoms in total. The number of aromatic amines is 1. The number of aromatic nitrogens is 2. The zero-order valence-corrected chi connectivity index (χ0v) is 13.3. The molecule has 2 aliphatic carbocycles. The molecular weight excluding hydrogens is 355 g/mol. The van der Waals surface area contributed by atoms with E-state index in [1.165, 1.54) is 6.42 Å². The molecule has 0 aliphatic heterocycles. The zero-order valence-electron chi connectivity index (χ0n) is 11.2. The van der Waals surface area contributed by atoms with Crippen LogP contribution in [0.2, 0.25) is 0 Å². The third kappa shape index (κ3) is 2.46. The van der Waals surface area contributed by atoms with Crippen LogP contribution < -0.4 is 5.56 Å². The molecule has 0 spiro atoms. The van der Waals surface area contributed by atoms with Crippen LogP contribution in [0, 0.1) is 3.57 Å². The second-order valence-corrected chi connectivity index (χ2v) is 6.73. The van der Waals surface area contributed by atoms with Crippen molar-refractivity contribution in [3.05, 3.63) is 25.4 Å². The van der Waals surface area contributed by atoms with Gasteiger partial charge in [-0.05, 0) is 48.3 Å². The van der Waals surface area contributed by atoms with Crippen LogP contribution in [0.3, 0.4) is 0 Å². The molecule has 0 saturated heterocycles. The van der Waals surface area contributed by atoms with Crippen LogP contribution in [0.5, 0.6) is 0 Å². The van der Waals surface area contributed by atoms with E-state index in [-0.39, 0.29) is 11.2 Å². The van der Waals surface area contributed by atoms with Gasteiger partial charge >= 0.3 is 0 Å². The minimum absolute atomic E-state index is 0.00509. The number of methoxy groups -OCH3 is 1.